The van der Waals surface area contributed by atoms with E-state index in [4.69, 9.17) is 0 Å². The van der Waals surface area contributed by atoms with Gasteiger partial charge in [-0.3, -0.25) is 9.78 Å². The number of hydrogen-bond donors (Lipinski definition) is 1. The molecule has 2 aromatic rings. The van der Waals surface area contributed by atoms with Crippen LogP contribution in [0.4, 0.5) is 0 Å². The van der Waals surface area contributed by atoms with Gasteiger partial charge in [0.25, 0.3) is 10.0 Å². The molecule has 0 spiro atoms. The lowest BCUT2D eigenvalue weighted by atomic mass is 10.0. The van der Waals surface area contributed by atoms with Crippen LogP contribution in [0.1, 0.15) is 63.6 Å². The number of aromatic nitrogens is 5. The molecule has 0 saturated carbocycles. The molecule has 1 atom stereocenters. The molecular weight excluding hydrogens is 328 g/mol. The summed E-state index contributed by atoms with van der Waals surface area (Å²) in [5.74, 6) is 1.54. The zero-order valence-electron chi connectivity index (χ0n) is 14.3. The van der Waals surface area contributed by atoms with E-state index in [1.54, 1.807) is 10.4 Å². The maximum atomic E-state index is 13.2. The van der Waals surface area contributed by atoms with Crippen molar-refractivity contribution in [3.8, 4) is 0 Å². The number of H-pyrrole nitrogens is 1. The molecule has 0 amide bonds. The first-order chi connectivity index (χ1) is 11.4. The molecule has 0 radical (unpaired) electrons. The van der Waals surface area contributed by atoms with Crippen LogP contribution in [0.5, 0.6) is 0 Å². The van der Waals surface area contributed by atoms with Crippen molar-refractivity contribution in [2.24, 2.45) is 0 Å². The zero-order chi connectivity index (χ0) is 17.3. The second-order valence-corrected chi connectivity index (χ2v) is 8.18. The molecule has 0 bridgehead atoms. The minimum Gasteiger partial charge on any atom is -0.262 e. The molecule has 8 nitrogen and oxygen atoms in total. The highest BCUT2D eigenvalue weighted by Crippen LogP contribution is 2.34. The van der Waals surface area contributed by atoms with Gasteiger partial charge in [-0.25, -0.2) is 13.4 Å². The first-order valence-corrected chi connectivity index (χ1v) is 9.85. The van der Waals surface area contributed by atoms with Gasteiger partial charge >= 0.3 is 0 Å². The molecule has 1 N–H and O–H groups in total. The number of aromatic amines is 1. The highest BCUT2D eigenvalue weighted by atomic mass is 32.2. The van der Waals surface area contributed by atoms with Gasteiger partial charge in [0.05, 0.1) is 12.2 Å². The van der Waals surface area contributed by atoms with Crippen molar-refractivity contribution in [3.63, 3.8) is 0 Å². The Morgan fingerprint density at radius 2 is 2.17 bits per heavy atom. The number of nitrogens with one attached hydrogen (secondary N) is 1. The molecule has 9 heteroatoms. The lowest BCUT2D eigenvalue weighted by molar-refractivity contribution is 0.245. The number of rotatable bonds is 5. The average molecular weight is 352 g/mol. The number of hydrogen-bond acceptors (Lipinski definition) is 5. The van der Waals surface area contributed by atoms with Crippen LogP contribution in [0, 0.1) is 0 Å². The SMILES string of the molecule is CCn1nccc1S(=O)(=O)N1CCCC[C@@H]1c1nc(C(C)C)n[nH]1. The van der Waals surface area contributed by atoms with Crippen molar-refractivity contribution < 1.29 is 8.42 Å². The Balaban J connectivity index is 1.97. The second-order valence-electron chi connectivity index (χ2n) is 6.35. The van der Waals surface area contributed by atoms with E-state index < -0.39 is 10.0 Å². The summed E-state index contributed by atoms with van der Waals surface area (Å²) in [6.45, 7) is 6.91. The average Bonchev–Trinajstić information content (AvgIpc) is 3.24. The van der Waals surface area contributed by atoms with Gasteiger partial charge in [0.2, 0.25) is 0 Å². The smallest absolute Gasteiger partial charge is 0.260 e. The molecule has 1 aliphatic heterocycles. The van der Waals surface area contributed by atoms with Gasteiger partial charge in [0, 0.05) is 19.0 Å². The number of aryl methyl sites for hydroxylation is 1. The number of sulfonamides is 1. The Morgan fingerprint density at radius 3 is 2.83 bits per heavy atom. The molecule has 1 fully saturated rings. The lowest BCUT2D eigenvalue weighted by Crippen LogP contribution is -2.39. The summed E-state index contributed by atoms with van der Waals surface area (Å²) in [5.41, 5.74) is 0. The van der Waals surface area contributed by atoms with E-state index in [-0.39, 0.29) is 17.0 Å². The highest BCUT2D eigenvalue weighted by Gasteiger charge is 2.37. The molecule has 3 rings (SSSR count). The fraction of sp³-hybridized carbons (Fsp3) is 0.667. The zero-order valence-corrected chi connectivity index (χ0v) is 15.1. The van der Waals surface area contributed by atoms with E-state index in [1.165, 1.54) is 10.9 Å². The predicted octanol–water partition coefficient (Wildman–Crippen LogP) is 2.06. The number of piperidine rings is 1. The summed E-state index contributed by atoms with van der Waals surface area (Å²) >= 11 is 0. The minimum absolute atomic E-state index is 0.199. The Kier molecular flexibility index (Phi) is 4.73. The minimum atomic E-state index is -3.62. The Bertz CT molecular complexity index is 795. The van der Waals surface area contributed by atoms with Gasteiger partial charge in [-0.2, -0.15) is 14.5 Å². The molecule has 24 heavy (non-hydrogen) atoms. The molecule has 0 aromatic carbocycles. The summed E-state index contributed by atoms with van der Waals surface area (Å²) in [6, 6.07) is 1.26. The van der Waals surface area contributed by atoms with Crippen LogP contribution in [0.2, 0.25) is 0 Å². The second kappa shape index (κ2) is 6.64. The monoisotopic (exact) mass is 352 g/mol. The van der Waals surface area contributed by atoms with Crippen LogP contribution in [0.3, 0.4) is 0 Å². The van der Waals surface area contributed by atoms with Gasteiger partial charge < -0.3 is 0 Å². The van der Waals surface area contributed by atoms with E-state index in [0.29, 0.717) is 24.7 Å². The quantitative estimate of drug-likeness (QED) is 0.888. The number of nitrogens with zero attached hydrogens (tertiary/aromatic N) is 5. The van der Waals surface area contributed by atoms with Crippen molar-refractivity contribution in [1.82, 2.24) is 29.3 Å². The van der Waals surface area contributed by atoms with E-state index in [9.17, 15) is 8.42 Å². The first kappa shape index (κ1) is 17.1. The standard InChI is InChI=1S/C15H24N6O2S/c1-4-20-13(8-9-16-20)24(22,23)21-10-6-5-7-12(21)15-17-14(11(2)3)18-19-15/h8-9,11-12H,4-7,10H2,1-3H3,(H,17,18,19)/t12-/m1/s1. The predicted molar refractivity (Wildman–Crippen MR) is 88.9 cm³/mol. The summed E-state index contributed by atoms with van der Waals surface area (Å²) < 4.78 is 29.4. The van der Waals surface area contributed by atoms with Crippen LogP contribution in [-0.2, 0) is 16.6 Å². The van der Waals surface area contributed by atoms with Crippen LogP contribution >= 0.6 is 0 Å². The molecule has 0 aliphatic carbocycles. The molecule has 1 saturated heterocycles. The third-order valence-electron chi connectivity index (χ3n) is 4.36. The van der Waals surface area contributed by atoms with Gasteiger partial charge in [-0.15, -0.1) is 0 Å². The van der Waals surface area contributed by atoms with Gasteiger partial charge in [-0.05, 0) is 25.8 Å². The maximum absolute atomic E-state index is 13.2. The normalized spacial score (nSPS) is 19.9. The maximum Gasteiger partial charge on any atom is 0.260 e. The van der Waals surface area contributed by atoms with E-state index in [0.717, 1.165) is 19.3 Å². The van der Waals surface area contributed by atoms with Crippen LogP contribution in [0.15, 0.2) is 17.3 Å². The Labute approximate surface area is 142 Å². The Hall–Kier alpha value is -1.74. The van der Waals surface area contributed by atoms with Crippen molar-refractivity contribution in [2.75, 3.05) is 6.54 Å². The molecule has 3 heterocycles. The van der Waals surface area contributed by atoms with Gasteiger partial charge in [0.1, 0.15) is 5.82 Å². The van der Waals surface area contributed by atoms with E-state index >= 15 is 0 Å². The molecule has 2 aromatic heterocycles. The molecule has 0 unspecified atom stereocenters. The summed E-state index contributed by atoms with van der Waals surface area (Å²) in [6.07, 6.45) is 4.09. The van der Waals surface area contributed by atoms with Crippen molar-refractivity contribution in [3.05, 3.63) is 23.9 Å². The lowest BCUT2D eigenvalue weighted by Gasteiger charge is -2.33. The molecular formula is C15H24N6O2S. The fourth-order valence-electron chi connectivity index (χ4n) is 3.06. The molecule has 1 aliphatic rings. The van der Waals surface area contributed by atoms with Crippen molar-refractivity contribution >= 4 is 10.0 Å². The van der Waals surface area contributed by atoms with Crippen LogP contribution in [0.25, 0.3) is 0 Å². The topological polar surface area (TPSA) is 96.8 Å². The van der Waals surface area contributed by atoms with Crippen molar-refractivity contribution in [1.29, 1.82) is 0 Å². The third-order valence-corrected chi connectivity index (χ3v) is 6.29. The summed E-state index contributed by atoms with van der Waals surface area (Å²) in [5, 5.41) is 11.5. The third kappa shape index (κ3) is 2.98. The van der Waals surface area contributed by atoms with Crippen LogP contribution < -0.4 is 0 Å². The summed E-state index contributed by atoms with van der Waals surface area (Å²) in [4.78, 5) is 4.53. The van der Waals surface area contributed by atoms with Gasteiger partial charge in [0.15, 0.2) is 10.9 Å². The summed E-state index contributed by atoms with van der Waals surface area (Å²) in [7, 11) is -3.62. The molecule has 132 valence electrons. The largest absolute Gasteiger partial charge is 0.262 e. The first-order valence-electron chi connectivity index (χ1n) is 8.41. The van der Waals surface area contributed by atoms with Crippen LogP contribution in [-0.4, -0.2) is 44.2 Å². The van der Waals surface area contributed by atoms with Crippen molar-refractivity contribution in [2.45, 2.75) is 63.6 Å². The fourth-order valence-corrected chi connectivity index (χ4v) is 4.88. The van der Waals surface area contributed by atoms with E-state index in [1.807, 2.05) is 20.8 Å². The van der Waals surface area contributed by atoms with E-state index in [2.05, 4.69) is 20.3 Å². The van der Waals surface area contributed by atoms with Gasteiger partial charge in [-0.1, -0.05) is 20.3 Å². The highest BCUT2D eigenvalue weighted by molar-refractivity contribution is 7.89. The Morgan fingerprint density at radius 1 is 1.38 bits per heavy atom.